The molecule has 0 spiro atoms. The fourth-order valence-corrected chi connectivity index (χ4v) is 4.98. The summed E-state index contributed by atoms with van der Waals surface area (Å²) in [4.78, 5) is 6.58. The van der Waals surface area contributed by atoms with Crippen molar-refractivity contribution in [2.45, 2.75) is 11.8 Å². The van der Waals surface area contributed by atoms with Crippen LogP contribution in [0.15, 0.2) is 41.6 Å². The molecule has 1 fully saturated rings. The molecule has 0 N–H and O–H groups in total. The number of ether oxygens (including phenoxy) is 2. The molecule has 0 aliphatic carbocycles. The van der Waals surface area contributed by atoms with Crippen LogP contribution in [0.4, 0.5) is 5.82 Å². The Kier molecular flexibility index (Phi) is 5.05. The molecule has 4 rings (SSSR count). The number of nitrogens with zero attached hydrogens (tertiary/aromatic N) is 5. The molecular weight excluding hydrogens is 394 g/mol. The standard InChI is InChI=1S/C19H23N5O4S/c1-14-10-18-20-13-21-24(18)19(11-14)22-6-8-23(9-7-22)29(25,26)15-4-5-16(27-2)17(12-15)28-3/h4-5,10-13H,6-9H2,1-3H3. The molecule has 0 saturated carbocycles. The Morgan fingerprint density at radius 2 is 1.69 bits per heavy atom. The Hall–Kier alpha value is -2.85. The Bertz CT molecular complexity index is 1140. The van der Waals surface area contributed by atoms with E-state index in [2.05, 4.69) is 15.0 Å². The van der Waals surface area contributed by atoms with Crippen molar-refractivity contribution < 1.29 is 17.9 Å². The minimum absolute atomic E-state index is 0.192. The van der Waals surface area contributed by atoms with Crippen LogP contribution in [0.1, 0.15) is 5.56 Å². The van der Waals surface area contributed by atoms with Crippen LogP contribution in [0.3, 0.4) is 0 Å². The Morgan fingerprint density at radius 1 is 0.966 bits per heavy atom. The summed E-state index contributed by atoms with van der Waals surface area (Å²) >= 11 is 0. The molecule has 0 unspecified atom stereocenters. The summed E-state index contributed by atoms with van der Waals surface area (Å²) in [5.74, 6) is 1.80. The second-order valence-corrected chi connectivity index (χ2v) is 8.77. The van der Waals surface area contributed by atoms with Crippen LogP contribution in [-0.4, -0.2) is 67.7 Å². The summed E-state index contributed by atoms with van der Waals surface area (Å²) < 4.78 is 39.9. The molecule has 154 valence electrons. The smallest absolute Gasteiger partial charge is 0.243 e. The molecule has 0 atom stereocenters. The van der Waals surface area contributed by atoms with Crippen molar-refractivity contribution in [3.05, 3.63) is 42.2 Å². The lowest BCUT2D eigenvalue weighted by molar-refractivity contribution is 0.353. The maximum Gasteiger partial charge on any atom is 0.243 e. The summed E-state index contributed by atoms with van der Waals surface area (Å²) in [5, 5.41) is 4.29. The fourth-order valence-electron chi connectivity index (χ4n) is 3.54. The number of fused-ring (bicyclic) bond motifs is 1. The van der Waals surface area contributed by atoms with Gasteiger partial charge in [-0.25, -0.2) is 13.4 Å². The summed E-state index contributed by atoms with van der Waals surface area (Å²) in [5.41, 5.74) is 1.86. The number of aromatic nitrogens is 3. The number of aryl methyl sites for hydroxylation is 1. The van der Waals surface area contributed by atoms with Crippen LogP contribution in [0.2, 0.25) is 0 Å². The Labute approximate surface area is 169 Å². The third-order valence-corrected chi connectivity index (χ3v) is 6.95. The maximum atomic E-state index is 13.1. The molecule has 0 bridgehead atoms. The van der Waals surface area contributed by atoms with E-state index < -0.39 is 10.0 Å². The first kappa shape index (κ1) is 19.5. The predicted molar refractivity (Wildman–Crippen MR) is 108 cm³/mol. The van der Waals surface area contributed by atoms with E-state index in [9.17, 15) is 8.42 Å². The number of anilines is 1. The molecule has 3 heterocycles. The van der Waals surface area contributed by atoms with Crippen molar-refractivity contribution in [2.75, 3.05) is 45.3 Å². The zero-order valence-electron chi connectivity index (χ0n) is 16.6. The number of pyridine rings is 1. The van der Waals surface area contributed by atoms with E-state index in [0.717, 1.165) is 17.0 Å². The zero-order valence-corrected chi connectivity index (χ0v) is 17.4. The number of rotatable bonds is 5. The molecule has 0 amide bonds. The summed E-state index contributed by atoms with van der Waals surface area (Å²) in [6.07, 6.45) is 1.52. The summed E-state index contributed by atoms with van der Waals surface area (Å²) in [7, 11) is -0.626. The van der Waals surface area contributed by atoms with Gasteiger partial charge in [0.1, 0.15) is 12.1 Å². The predicted octanol–water partition coefficient (Wildman–Crippen LogP) is 1.57. The Balaban J connectivity index is 1.55. The van der Waals surface area contributed by atoms with Crippen molar-refractivity contribution in [3.8, 4) is 11.5 Å². The summed E-state index contributed by atoms with van der Waals surface area (Å²) in [6, 6.07) is 8.66. The van der Waals surface area contributed by atoms with Gasteiger partial charge in [-0.15, -0.1) is 0 Å². The second-order valence-electron chi connectivity index (χ2n) is 6.83. The topological polar surface area (TPSA) is 89.3 Å². The monoisotopic (exact) mass is 417 g/mol. The number of hydrogen-bond acceptors (Lipinski definition) is 7. The van der Waals surface area contributed by atoms with Crippen molar-refractivity contribution in [3.63, 3.8) is 0 Å². The normalized spacial score (nSPS) is 15.6. The molecule has 0 radical (unpaired) electrons. The number of piperazine rings is 1. The van der Waals surface area contributed by atoms with E-state index in [0.29, 0.717) is 37.7 Å². The molecule has 3 aromatic rings. The highest BCUT2D eigenvalue weighted by atomic mass is 32.2. The average molecular weight is 417 g/mol. The van der Waals surface area contributed by atoms with Crippen molar-refractivity contribution in [1.29, 1.82) is 0 Å². The second kappa shape index (κ2) is 7.53. The van der Waals surface area contributed by atoms with E-state index in [4.69, 9.17) is 9.47 Å². The molecule has 29 heavy (non-hydrogen) atoms. The highest BCUT2D eigenvalue weighted by Gasteiger charge is 2.30. The molecule has 9 nitrogen and oxygen atoms in total. The highest BCUT2D eigenvalue weighted by molar-refractivity contribution is 7.89. The molecule has 10 heteroatoms. The average Bonchev–Trinajstić information content (AvgIpc) is 3.21. The van der Waals surface area contributed by atoms with Crippen LogP contribution in [0.25, 0.3) is 5.65 Å². The van der Waals surface area contributed by atoms with Gasteiger partial charge in [-0.2, -0.15) is 13.9 Å². The molecule has 2 aromatic heterocycles. The third-order valence-electron chi connectivity index (χ3n) is 5.06. The van der Waals surface area contributed by atoms with Gasteiger partial charge in [0.2, 0.25) is 10.0 Å². The molecule has 1 aromatic carbocycles. The van der Waals surface area contributed by atoms with Gasteiger partial charge in [0.25, 0.3) is 0 Å². The quantitative estimate of drug-likeness (QED) is 0.622. The van der Waals surface area contributed by atoms with Crippen LogP contribution in [0, 0.1) is 6.92 Å². The minimum atomic E-state index is -3.63. The van der Waals surface area contributed by atoms with Crippen molar-refractivity contribution >= 4 is 21.5 Å². The van der Waals surface area contributed by atoms with Gasteiger partial charge in [-0.05, 0) is 36.8 Å². The van der Waals surface area contributed by atoms with Crippen LogP contribution < -0.4 is 14.4 Å². The van der Waals surface area contributed by atoms with Gasteiger partial charge < -0.3 is 14.4 Å². The number of methoxy groups -OCH3 is 2. The van der Waals surface area contributed by atoms with Gasteiger partial charge in [0, 0.05) is 32.2 Å². The molecule has 1 saturated heterocycles. The lowest BCUT2D eigenvalue weighted by atomic mass is 10.2. The first-order valence-electron chi connectivity index (χ1n) is 9.21. The maximum absolute atomic E-state index is 13.1. The molecule has 1 aliphatic heterocycles. The van der Waals surface area contributed by atoms with E-state index in [1.165, 1.54) is 30.9 Å². The van der Waals surface area contributed by atoms with Crippen LogP contribution in [0.5, 0.6) is 11.5 Å². The zero-order chi connectivity index (χ0) is 20.6. The molecular formula is C19H23N5O4S. The van der Waals surface area contributed by atoms with Crippen LogP contribution in [-0.2, 0) is 10.0 Å². The van der Waals surface area contributed by atoms with Crippen molar-refractivity contribution in [2.24, 2.45) is 0 Å². The van der Waals surface area contributed by atoms with E-state index in [1.54, 1.807) is 16.6 Å². The van der Waals surface area contributed by atoms with Crippen LogP contribution >= 0.6 is 0 Å². The van der Waals surface area contributed by atoms with E-state index in [1.807, 2.05) is 19.1 Å². The number of benzene rings is 1. The lowest BCUT2D eigenvalue weighted by Crippen LogP contribution is -2.49. The van der Waals surface area contributed by atoms with Gasteiger partial charge in [-0.1, -0.05) is 0 Å². The first-order valence-corrected chi connectivity index (χ1v) is 10.7. The van der Waals surface area contributed by atoms with E-state index >= 15 is 0 Å². The summed E-state index contributed by atoms with van der Waals surface area (Å²) in [6.45, 7) is 3.88. The van der Waals surface area contributed by atoms with Gasteiger partial charge in [0.05, 0.1) is 19.1 Å². The largest absolute Gasteiger partial charge is 0.493 e. The fraction of sp³-hybridized carbons (Fsp3) is 0.368. The van der Waals surface area contributed by atoms with Gasteiger partial charge in [-0.3, -0.25) is 0 Å². The minimum Gasteiger partial charge on any atom is -0.493 e. The molecule has 1 aliphatic rings. The highest BCUT2D eigenvalue weighted by Crippen LogP contribution is 2.31. The third kappa shape index (κ3) is 3.49. The number of hydrogen-bond donors (Lipinski definition) is 0. The van der Waals surface area contributed by atoms with Gasteiger partial charge in [0.15, 0.2) is 17.1 Å². The van der Waals surface area contributed by atoms with Gasteiger partial charge >= 0.3 is 0 Å². The van der Waals surface area contributed by atoms with E-state index in [-0.39, 0.29) is 4.90 Å². The first-order chi connectivity index (χ1) is 13.9. The van der Waals surface area contributed by atoms with Crippen molar-refractivity contribution in [1.82, 2.24) is 18.9 Å². The number of sulfonamides is 1. The Morgan fingerprint density at radius 3 is 2.38 bits per heavy atom. The SMILES string of the molecule is COc1ccc(S(=O)(=O)N2CCN(c3cc(C)cc4ncnn34)CC2)cc1OC. The lowest BCUT2D eigenvalue weighted by Gasteiger charge is -2.35.